The number of phenols is 1. The van der Waals surface area contributed by atoms with Crippen LogP contribution < -0.4 is 0 Å². The maximum atomic E-state index is 9.80. The molecule has 0 spiro atoms. The Morgan fingerprint density at radius 2 is 1.93 bits per heavy atom. The highest BCUT2D eigenvalue weighted by Crippen LogP contribution is 2.32. The summed E-state index contributed by atoms with van der Waals surface area (Å²) in [6.45, 7) is 8.28. The van der Waals surface area contributed by atoms with Gasteiger partial charge in [-0.15, -0.1) is 0 Å². The minimum absolute atomic E-state index is 0.434. The van der Waals surface area contributed by atoms with Crippen LogP contribution in [0, 0.1) is 13.8 Å². The molecule has 0 saturated heterocycles. The number of rotatable bonds is 2. The van der Waals surface area contributed by atoms with Gasteiger partial charge in [0, 0.05) is 5.33 Å². The first-order valence-corrected chi connectivity index (χ1v) is 5.99. The highest BCUT2D eigenvalue weighted by Gasteiger charge is 2.13. The molecule has 14 heavy (non-hydrogen) atoms. The second-order valence-electron chi connectivity index (χ2n) is 4.02. The Hall–Kier alpha value is -0.500. The molecule has 1 rings (SSSR count). The van der Waals surface area contributed by atoms with Gasteiger partial charge < -0.3 is 5.11 Å². The van der Waals surface area contributed by atoms with Crippen molar-refractivity contribution in [1.82, 2.24) is 0 Å². The summed E-state index contributed by atoms with van der Waals surface area (Å²) in [7, 11) is 0. The largest absolute Gasteiger partial charge is 0.507 e. The third-order valence-electron chi connectivity index (χ3n) is 2.66. The number of halogens is 1. The molecule has 0 amide bonds. The van der Waals surface area contributed by atoms with Crippen molar-refractivity contribution in [1.29, 1.82) is 0 Å². The summed E-state index contributed by atoms with van der Waals surface area (Å²) in [5, 5.41) is 10.6. The van der Waals surface area contributed by atoms with Gasteiger partial charge in [-0.1, -0.05) is 35.8 Å². The number of aromatic hydroxyl groups is 1. The number of benzene rings is 1. The summed E-state index contributed by atoms with van der Waals surface area (Å²) in [5.74, 6) is 0.935. The minimum atomic E-state index is 0.434. The van der Waals surface area contributed by atoms with E-state index in [0.717, 1.165) is 16.5 Å². The minimum Gasteiger partial charge on any atom is -0.507 e. The van der Waals surface area contributed by atoms with Gasteiger partial charge in [0.25, 0.3) is 0 Å². The molecule has 0 aromatic heterocycles. The van der Waals surface area contributed by atoms with E-state index in [1.165, 1.54) is 11.1 Å². The summed E-state index contributed by atoms with van der Waals surface area (Å²) >= 11 is 3.48. The molecular formula is C12H17BrO. The summed E-state index contributed by atoms with van der Waals surface area (Å²) in [5.41, 5.74) is 4.53. The molecule has 1 N–H and O–H groups in total. The van der Waals surface area contributed by atoms with Crippen molar-refractivity contribution in [2.24, 2.45) is 0 Å². The van der Waals surface area contributed by atoms with E-state index in [2.05, 4.69) is 35.8 Å². The summed E-state index contributed by atoms with van der Waals surface area (Å²) in [6.07, 6.45) is 0. The Labute approximate surface area is 94.3 Å². The molecule has 0 saturated carbocycles. The van der Waals surface area contributed by atoms with Gasteiger partial charge in [0.2, 0.25) is 0 Å². The van der Waals surface area contributed by atoms with Gasteiger partial charge >= 0.3 is 0 Å². The molecule has 0 bridgehead atoms. The zero-order valence-corrected chi connectivity index (χ0v) is 10.8. The number of hydrogen-bond donors (Lipinski definition) is 1. The van der Waals surface area contributed by atoms with Gasteiger partial charge in [0.1, 0.15) is 5.75 Å². The monoisotopic (exact) mass is 256 g/mol. The van der Waals surface area contributed by atoms with Crippen molar-refractivity contribution >= 4 is 15.9 Å². The Bertz CT molecular complexity index is 343. The first kappa shape index (κ1) is 11.6. The molecule has 78 valence electrons. The van der Waals surface area contributed by atoms with Crippen LogP contribution in [-0.2, 0) is 5.33 Å². The molecule has 1 aromatic carbocycles. The van der Waals surface area contributed by atoms with Crippen molar-refractivity contribution in [3.63, 3.8) is 0 Å². The summed E-state index contributed by atoms with van der Waals surface area (Å²) in [4.78, 5) is 0. The van der Waals surface area contributed by atoms with Gasteiger partial charge in [0.15, 0.2) is 0 Å². The third-order valence-corrected chi connectivity index (χ3v) is 3.22. The van der Waals surface area contributed by atoms with E-state index in [9.17, 15) is 5.11 Å². The Morgan fingerprint density at radius 3 is 2.36 bits per heavy atom. The van der Waals surface area contributed by atoms with Crippen LogP contribution in [0.2, 0.25) is 0 Å². The lowest BCUT2D eigenvalue weighted by molar-refractivity contribution is 0.465. The fraction of sp³-hybridized carbons (Fsp3) is 0.500. The third kappa shape index (κ3) is 1.95. The van der Waals surface area contributed by atoms with Crippen molar-refractivity contribution < 1.29 is 5.11 Å². The second-order valence-corrected chi connectivity index (χ2v) is 4.58. The van der Waals surface area contributed by atoms with Crippen molar-refractivity contribution in [3.8, 4) is 5.75 Å². The molecule has 0 aliphatic rings. The smallest absolute Gasteiger partial charge is 0.121 e. The van der Waals surface area contributed by atoms with E-state index in [1.54, 1.807) is 0 Å². The predicted molar refractivity (Wildman–Crippen MR) is 64.3 cm³/mol. The average Bonchev–Trinajstić information content (AvgIpc) is 2.13. The molecule has 0 radical (unpaired) electrons. The van der Waals surface area contributed by atoms with Gasteiger partial charge in [-0.05, 0) is 42.0 Å². The molecule has 0 heterocycles. The topological polar surface area (TPSA) is 20.2 Å². The van der Waals surface area contributed by atoms with Crippen LogP contribution in [0.25, 0.3) is 0 Å². The van der Waals surface area contributed by atoms with Crippen molar-refractivity contribution in [2.45, 2.75) is 38.9 Å². The second kappa shape index (κ2) is 4.35. The number of alkyl halides is 1. The SMILES string of the molecule is Cc1cc(C(C)C)c(CBr)c(C)c1O. The first-order valence-electron chi connectivity index (χ1n) is 4.87. The van der Waals surface area contributed by atoms with Crippen LogP contribution in [0.3, 0.4) is 0 Å². The van der Waals surface area contributed by atoms with E-state index in [0.29, 0.717) is 11.7 Å². The molecular weight excluding hydrogens is 240 g/mol. The summed E-state index contributed by atoms with van der Waals surface area (Å²) in [6, 6.07) is 2.09. The van der Waals surface area contributed by atoms with Crippen LogP contribution in [-0.4, -0.2) is 5.11 Å². The lowest BCUT2D eigenvalue weighted by atomic mass is 9.92. The highest BCUT2D eigenvalue weighted by atomic mass is 79.9. The maximum Gasteiger partial charge on any atom is 0.121 e. The highest BCUT2D eigenvalue weighted by molar-refractivity contribution is 9.08. The first-order chi connectivity index (χ1) is 6.49. The molecule has 1 nitrogen and oxygen atoms in total. The predicted octanol–water partition coefficient (Wildman–Crippen LogP) is 4.03. The molecule has 2 heteroatoms. The normalized spacial score (nSPS) is 11.0. The maximum absolute atomic E-state index is 9.80. The van der Waals surface area contributed by atoms with Crippen molar-refractivity contribution in [3.05, 3.63) is 28.3 Å². The summed E-state index contributed by atoms with van der Waals surface area (Å²) < 4.78 is 0. The fourth-order valence-electron chi connectivity index (χ4n) is 1.74. The molecule has 0 atom stereocenters. The van der Waals surface area contributed by atoms with Crippen LogP contribution >= 0.6 is 15.9 Å². The van der Waals surface area contributed by atoms with Gasteiger partial charge in [0.05, 0.1) is 0 Å². The van der Waals surface area contributed by atoms with Gasteiger partial charge in [-0.3, -0.25) is 0 Å². The average molecular weight is 257 g/mol. The standard InChI is InChI=1S/C12H17BrO/c1-7(2)10-5-8(3)12(14)9(4)11(10)6-13/h5,7,14H,6H2,1-4H3. The van der Waals surface area contributed by atoms with Crippen molar-refractivity contribution in [2.75, 3.05) is 0 Å². The number of hydrogen-bond acceptors (Lipinski definition) is 1. The zero-order valence-electron chi connectivity index (χ0n) is 9.19. The number of aryl methyl sites for hydroxylation is 1. The molecule has 0 fully saturated rings. The van der Waals surface area contributed by atoms with E-state index in [-0.39, 0.29) is 0 Å². The Balaban J connectivity index is 3.43. The quantitative estimate of drug-likeness (QED) is 0.793. The number of phenolic OH excluding ortho intramolecular Hbond substituents is 1. The Morgan fingerprint density at radius 1 is 1.36 bits per heavy atom. The van der Waals surface area contributed by atoms with E-state index in [4.69, 9.17) is 0 Å². The van der Waals surface area contributed by atoms with Gasteiger partial charge in [-0.25, -0.2) is 0 Å². The molecule has 1 aromatic rings. The van der Waals surface area contributed by atoms with E-state index >= 15 is 0 Å². The lowest BCUT2D eigenvalue weighted by Crippen LogP contribution is -1.99. The van der Waals surface area contributed by atoms with Crippen LogP contribution in [0.5, 0.6) is 5.75 Å². The van der Waals surface area contributed by atoms with Crippen LogP contribution in [0.4, 0.5) is 0 Å². The molecule has 0 unspecified atom stereocenters. The van der Waals surface area contributed by atoms with Gasteiger partial charge in [-0.2, -0.15) is 0 Å². The molecule has 0 aliphatic carbocycles. The lowest BCUT2D eigenvalue weighted by Gasteiger charge is -2.16. The van der Waals surface area contributed by atoms with E-state index in [1.807, 2.05) is 13.8 Å². The Kier molecular flexibility index (Phi) is 3.59. The molecule has 0 aliphatic heterocycles. The fourth-order valence-corrected chi connectivity index (χ4v) is 2.48. The van der Waals surface area contributed by atoms with E-state index < -0.39 is 0 Å². The zero-order chi connectivity index (χ0) is 10.9. The van der Waals surface area contributed by atoms with Crippen LogP contribution in [0.15, 0.2) is 6.07 Å². The van der Waals surface area contributed by atoms with Crippen LogP contribution in [0.1, 0.15) is 42.0 Å².